The van der Waals surface area contributed by atoms with E-state index in [0.717, 1.165) is 13.1 Å². The molecule has 0 heterocycles. The highest BCUT2D eigenvalue weighted by atomic mass is 15.3. The summed E-state index contributed by atoms with van der Waals surface area (Å²) in [5.74, 6) is 5.94. The second kappa shape index (κ2) is 7.05. The lowest BCUT2D eigenvalue weighted by atomic mass is 9.79. The molecular weight excluding hydrogens is 234 g/mol. The van der Waals surface area contributed by atoms with Crippen LogP contribution in [0.5, 0.6) is 0 Å². The Kier molecular flexibility index (Phi) is 6.28. The van der Waals surface area contributed by atoms with Gasteiger partial charge in [-0.05, 0) is 44.2 Å². The molecule has 1 aliphatic carbocycles. The van der Waals surface area contributed by atoms with Crippen LogP contribution in [-0.2, 0) is 0 Å². The summed E-state index contributed by atoms with van der Waals surface area (Å²) in [6.07, 6.45) is 7.71. The van der Waals surface area contributed by atoms with Gasteiger partial charge in [-0.25, -0.2) is 0 Å². The monoisotopic (exact) mass is 269 g/mol. The number of hydrazine groups is 1. The number of nitrogens with zero attached hydrogens (tertiary/aromatic N) is 1. The summed E-state index contributed by atoms with van der Waals surface area (Å²) in [7, 11) is 0. The number of hydrogen-bond donors (Lipinski definition) is 2. The molecule has 0 aromatic rings. The Labute approximate surface area is 120 Å². The van der Waals surface area contributed by atoms with Crippen LogP contribution in [0.15, 0.2) is 0 Å². The minimum absolute atomic E-state index is 0.295. The summed E-state index contributed by atoms with van der Waals surface area (Å²) in [6.45, 7) is 13.8. The average Bonchev–Trinajstić information content (AvgIpc) is 2.80. The molecule has 0 amide bonds. The van der Waals surface area contributed by atoms with Crippen molar-refractivity contribution in [1.82, 2.24) is 10.3 Å². The van der Waals surface area contributed by atoms with Gasteiger partial charge in [0.25, 0.3) is 0 Å². The van der Waals surface area contributed by atoms with Crippen molar-refractivity contribution in [1.29, 1.82) is 0 Å². The highest BCUT2D eigenvalue weighted by Crippen LogP contribution is 2.40. The predicted molar refractivity (Wildman–Crippen MR) is 83.9 cm³/mol. The minimum atomic E-state index is 0.295. The molecule has 1 unspecified atom stereocenters. The fraction of sp³-hybridized carbons (Fsp3) is 1.00. The first-order valence-electron chi connectivity index (χ1n) is 8.11. The number of nitrogens with one attached hydrogen (secondary N) is 1. The second-order valence-electron chi connectivity index (χ2n) is 7.30. The van der Waals surface area contributed by atoms with Gasteiger partial charge in [0.05, 0.1) is 0 Å². The summed E-state index contributed by atoms with van der Waals surface area (Å²) in [4.78, 5) is 2.65. The molecule has 3 heteroatoms. The van der Waals surface area contributed by atoms with Crippen molar-refractivity contribution in [3.05, 3.63) is 0 Å². The predicted octanol–water partition coefficient (Wildman–Crippen LogP) is 3.30. The lowest BCUT2D eigenvalue weighted by molar-refractivity contribution is 0.0552. The topological polar surface area (TPSA) is 41.3 Å². The van der Waals surface area contributed by atoms with E-state index in [1.54, 1.807) is 0 Å². The Morgan fingerprint density at radius 1 is 1.16 bits per heavy atom. The normalized spacial score (nSPS) is 21.0. The summed E-state index contributed by atoms with van der Waals surface area (Å²) in [5.41, 5.74) is 3.85. The Morgan fingerprint density at radius 2 is 1.68 bits per heavy atom. The van der Waals surface area contributed by atoms with E-state index in [2.05, 4.69) is 44.9 Å². The van der Waals surface area contributed by atoms with Gasteiger partial charge in [0.2, 0.25) is 0 Å². The van der Waals surface area contributed by atoms with Crippen LogP contribution in [0, 0.1) is 5.41 Å². The summed E-state index contributed by atoms with van der Waals surface area (Å²) in [6, 6.07) is 0.425. The van der Waals surface area contributed by atoms with Gasteiger partial charge >= 0.3 is 0 Å². The van der Waals surface area contributed by atoms with Gasteiger partial charge in [-0.3, -0.25) is 16.2 Å². The minimum Gasteiger partial charge on any atom is -0.297 e. The number of likely N-dealkylation sites (N-methyl/N-ethyl adjacent to an activating group) is 1. The highest BCUT2D eigenvalue weighted by molar-refractivity contribution is 5.02. The van der Waals surface area contributed by atoms with Gasteiger partial charge in [0, 0.05) is 11.6 Å². The van der Waals surface area contributed by atoms with E-state index >= 15 is 0 Å². The molecule has 0 aliphatic heterocycles. The molecule has 1 atom stereocenters. The fourth-order valence-electron chi connectivity index (χ4n) is 3.81. The summed E-state index contributed by atoms with van der Waals surface area (Å²) < 4.78 is 0. The van der Waals surface area contributed by atoms with E-state index in [9.17, 15) is 0 Å². The zero-order valence-electron chi connectivity index (χ0n) is 13.8. The molecule has 1 rings (SSSR count). The molecule has 3 nitrogen and oxygen atoms in total. The number of rotatable bonds is 7. The van der Waals surface area contributed by atoms with Crippen LogP contribution in [-0.4, -0.2) is 29.6 Å². The lowest BCUT2D eigenvalue weighted by Crippen LogP contribution is -2.61. The molecule has 0 aromatic carbocycles. The maximum Gasteiger partial charge on any atom is 0.0394 e. The Morgan fingerprint density at radius 3 is 2.05 bits per heavy atom. The zero-order valence-corrected chi connectivity index (χ0v) is 13.8. The highest BCUT2D eigenvalue weighted by Gasteiger charge is 2.44. The molecule has 0 radical (unpaired) electrons. The molecule has 19 heavy (non-hydrogen) atoms. The molecule has 3 N–H and O–H groups in total. The standard InChI is InChI=1S/C16H35N3/c1-6-19(7-2)16(11-8-9-12-16)14(18-17)10-13-15(3,4)5/h14,18H,6-13,17H2,1-5H3. The van der Waals surface area contributed by atoms with Crippen LogP contribution in [0.25, 0.3) is 0 Å². The van der Waals surface area contributed by atoms with E-state index in [0.29, 0.717) is 17.0 Å². The van der Waals surface area contributed by atoms with Crippen LogP contribution in [0.2, 0.25) is 0 Å². The van der Waals surface area contributed by atoms with E-state index in [4.69, 9.17) is 5.84 Å². The quantitative estimate of drug-likeness (QED) is 0.550. The third kappa shape index (κ3) is 4.17. The van der Waals surface area contributed by atoms with Gasteiger partial charge in [-0.2, -0.15) is 0 Å². The van der Waals surface area contributed by atoms with Crippen LogP contribution in [0.3, 0.4) is 0 Å². The Balaban J connectivity index is 2.82. The first-order valence-corrected chi connectivity index (χ1v) is 8.11. The third-order valence-electron chi connectivity index (χ3n) is 4.90. The molecule has 1 aliphatic rings. The summed E-state index contributed by atoms with van der Waals surface area (Å²) >= 11 is 0. The summed E-state index contributed by atoms with van der Waals surface area (Å²) in [5, 5.41) is 0. The van der Waals surface area contributed by atoms with Crippen LogP contribution in [0.1, 0.15) is 73.1 Å². The Bertz CT molecular complexity index is 247. The largest absolute Gasteiger partial charge is 0.297 e. The molecule has 1 saturated carbocycles. The average molecular weight is 269 g/mol. The Hall–Kier alpha value is -0.120. The molecule has 1 fully saturated rings. The number of nitrogens with two attached hydrogens (primary N) is 1. The van der Waals surface area contributed by atoms with Gasteiger partial charge in [0.15, 0.2) is 0 Å². The number of hydrogen-bond acceptors (Lipinski definition) is 3. The van der Waals surface area contributed by atoms with Crippen molar-refractivity contribution in [2.24, 2.45) is 11.3 Å². The van der Waals surface area contributed by atoms with Crippen LogP contribution < -0.4 is 11.3 Å². The fourth-order valence-corrected chi connectivity index (χ4v) is 3.81. The first-order chi connectivity index (χ1) is 8.89. The molecular formula is C16H35N3. The van der Waals surface area contributed by atoms with Crippen LogP contribution >= 0.6 is 0 Å². The maximum atomic E-state index is 5.94. The van der Waals surface area contributed by atoms with Crippen molar-refractivity contribution < 1.29 is 0 Å². The van der Waals surface area contributed by atoms with E-state index < -0.39 is 0 Å². The van der Waals surface area contributed by atoms with Gasteiger partial charge in [0.1, 0.15) is 0 Å². The molecule has 0 spiro atoms. The van der Waals surface area contributed by atoms with E-state index in [1.807, 2.05) is 0 Å². The van der Waals surface area contributed by atoms with Crippen LogP contribution in [0.4, 0.5) is 0 Å². The molecule has 0 aromatic heterocycles. The van der Waals surface area contributed by atoms with E-state index in [1.165, 1.54) is 38.5 Å². The van der Waals surface area contributed by atoms with Crippen molar-refractivity contribution >= 4 is 0 Å². The molecule has 0 saturated heterocycles. The zero-order chi connectivity index (χ0) is 14.5. The SMILES string of the molecule is CCN(CC)C1(C(CCC(C)(C)C)NN)CCCC1. The third-order valence-corrected chi connectivity index (χ3v) is 4.90. The first kappa shape index (κ1) is 16.9. The molecule has 0 bridgehead atoms. The van der Waals surface area contributed by atoms with Gasteiger partial charge < -0.3 is 0 Å². The smallest absolute Gasteiger partial charge is 0.0394 e. The van der Waals surface area contributed by atoms with Gasteiger partial charge in [-0.1, -0.05) is 47.5 Å². The van der Waals surface area contributed by atoms with Crippen molar-refractivity contribution in [3.8, 4) is 0 Å². The molecule has 114 valence electrons. The van der Waals surface area contributed by atoms with Gasteiger partial charge in [-0.15, -0.1) is 0 Å². The second-order valence-corrected chi connectivity index (χ2v) is 7.30. The maximum absolute atomic E-state index is 5.94. The van der Waals surface area contributed by atoms with Crippen molar-refractivity contribution in [2.45, 2.75) is 84.7 Å². The van der Waals surface area contributed by atoms with Crippen molar-refractivity contribution in [3.63, 3.8) is 0 Å². The van der Waals surface area contributed by atoms with Crippen molar-refractivity contribution in [2.75, 3.05) is 13.1 Å². The lowest BCUT2D eigenvalue weighted by Gasteiger charge is -2.46. The van der Waals surface area contributed by atoms with E-state index in [-0.39, 0.29) is 0 Å².